The quantitative estimate of drug-likeness (QED) is 0.859. The normalized spacial score (nSPS) is 12.8. The van der Waals surface area contributed by atoms with Crippen LogP contribution < -0.4 is 5.73 Å². The van der Waals surface area contributed by atoms with E-state index >= 15 is 0 Å². The molecule has 0 aliphatic rings. The molecule has 1 aromatic rings. The lowest BCUT2D eigenvalue weighted by Gasteiger charge is -2.15. The lowest BCUT2D eigenvalue weighted by molar-refractivity contribution is -0.122. The number of rotatable bonds is 5. The topological polar surface area (TPSA) is 43.1 Å². The zero-order valence-electron chi connectivity index (χ0n) is 9.74. The fraction of sp³-hybridized carbons (Fsp3) is 0.462. The van der Waals surface area contributed by atoms with Gasteiger partial charge in [0.1, 0.15) is 5.78 Å². The minimum absolute atomic E-state index is 0.0632. The van der Waals surface area contributed by atoms with Crippen LogP contribution in [-0.4, -0.2) is 12.3 Å². The van der Waals surface area contributed by atoms with Crippen molar-refractivity contribution in [3.8, 4) is 0 Å². The minimum atomic E-state index is 0.0632. The first-order valence-electron chi connectivity index (χ1n) is 5.52. The van der Waals surface area contributed by atoms with Gasteiger partial charge in [-0.3, -0.25) is 4.79 Å². The monoisotopic (exact) mass is 239 g/mol. The maximum atomic E-state index is 11.7. The van der Waals surface area contributed by atoms with Crippen LogP contribution in [0.3, 0.4) is 0 Å². The highest BCUT2D eigenvalue weighted by Crippen LogP contribution is 2.23. The average Bonchev–Trinajstić information content (AvgIpc) is 2.25. The largest absolute Gasteiger partial charge is 0.330 e. The van der Waals surface area contributed by atoms with Gasteiger partial charge < -0.3 is 5.73 Å². The van der Waals surface area contributed by atoms with E-state index in [0.29, 0.717) is 18.0 Å². The highest BCUT2D eigenvalue weighted by molar-refractivity contribution is 6.30. The van der Waals surface area contributed by atoms with Gasteiger partial charge in [0.25, 0.3) is 0 Å². The Bertz CT molecular complexity index is 363. The van der Waals surface area contributed by atoms with Crippen LogP contribution in [0.2, 0.25) is 5.02 Å². The Morgan fingerprint density at radius 1 is 1.44 bits per heavy atom. The average molecular weight is 240 g/mol. The van der Waals surface area contributed by atoms with Crippen molar-refractivity contribution in [3.63, 3.8) is 0 Å². The molecule has 0 radical (unpaired) electrons. The molecule has 0 heterocycles. The van der Waals surface area contributed by atoms with E-state index in [1.54, 1.807) is 0 Å². The zero-order chi connectivity index (χ0) is 12.1. The minimum Gasteiger partial charge on any atom is -0.330 e. The number of nitrogens with two attached hydrogens (primary N) is 1. The summed E-state index contributed by atoms with van der Waals surface area (Å²) >= 11 is 5.92. The smallest absolute Gasteiger partial charge is 0.136 e. The molecule has 0 saturated heterocycles. The number of carbonyl (C=O) groups excluding carboxylic acids is 1. The molecule has 0 amide bonds. The Morgan fingerprint density at radius 3 is 2.62 bits per heavy atom. The molecule has 0 saturated carbocycles. The molecular weight excluding hydrogens is 222 g/mol. The Morgan fingerprint density at radius 2 is 2.12 bits per heavy atom. The molecule has 0 bridgehead atoms. The van der Waals surface area contributed by atoms with Crippen molar-refractivity contribution in [2.24, 2.45) is 11.7 Å². The van der Waals surface area contributed by atoms with Crippen LogP contribution >= 0.6 is 11.6 Å². The van der Waals surface area contributed by atoms with Gasteiger partial charge in [0.05, 0.1) is 0 Å². The van der Waals surface area contributed by atoms with Crippen LogP contribution in [0.1, 0.15) is 31.7 Å². The van der Waals surface area contributed by atoms with E-state index in [0.717, 1.165) is 5.56 Å². The second kappa shape index (κ2) is 6.02. The van der Waals surface area contributed by atoms with Gasteiger partial charge in [-0.2, -0.15) is 0 Å². The summed E-state index contributed by atoms with van der Waals surface area (Å²) in [7, 11) is 0. The Balaban J connectivity index is 2.78. The number of hydrogen-bond donors (Lipinski definition) is 1. The lowest BCUT2D eigenvalue weighted by Crippen LogP contribution is -2.19. The van der Waals surface area contributed by atoms with E-state index in [9.17, 15) is 4.79 Å². The summed E-state index contributed by atoms with van der Waals surface area (Å²) in [5, 5.41) is 0.688. The first-order chi connectivity index (χ1) is 7.54. The first kappa shape index (κ1) is 13.2. The molecule has 1 atom stereocenters. The van der Waals surface area contributed by atoms with Crippen molar-refractivity contribution in [1.29, 1.82) is 0 Å². The number of halogens is 1. The van der Waals surface area contributed by atoms with Crippen molar-refractivity contribution < 1.29 is 4.79 Å². The van der Waals surface area contributed by atoms with E-state index in [1.165, 1.54) is 0 Å². The third-order valence-electron chi connectivity index (χ3n) is 2.70. The van der Waals surface area contributed by atoms with Crippen molar-refractivity contribution in [3.05, 3.63) is 34.9 Å². The van der Waals surface area contributed by atoms with E-state index < -0.39 is 0 Å². The van der Waals surface area contributed by atoms with Crippen LogP contribution in [0, 0.1) is 5.92 Å². The molecule has 1 aromatic carbocycles. The Labute approximate surface area is 102 Å². The molecule has 0 aromatic heterocycles. The molecule has 0 aliphatic carbocycles. The molecule has 0 spiro atoms. The van der Waals surface area contributed by atoms with Crippen molar-refractivity contribution in [2.75, 3.05) is 6.54 Å². The second-order valence-corrected chi connectivity index (χ2v) is 4.75. The van der Waals surface area contributed by atoms with E-state index in [-0.39, 0.29) is 17.6 Å². The van der Waals surface area contributed by atoms with Crippen LogP contribution in [0.4, 0.5) is 0 Å². The summed E-state index contributed by atoms with van der Waals surface area (Å²) < 4.78 is 0. The summed E-state index contributed by atoms with van der Waals surface area (Å²) in [6.45, 7) is 4.29. The molecular formula is C13H18ClNO. The van der Waals surface area contributed by atoms with Crippen LogP contribution in [0.25, 0.3) is 0 Å². The number of carbonyl (C=O) groups is 1. The van der Waals surface area contributed by atoms with E-state index in [4.69, 9.17) is 17.3 Å². The zero-order valence-corrected chi connectivity index (χ0v) is 10.5. The predicted molar refractivity (Wildman–Crippen MR) is 67.7 cm³/mol. The third kappa shape index (κ3) is 3.62. The van der Waals surface area contributed by atoms with Gasteiger partial charge in [-0.05, 0) is 24.2 Å². The molecule has 0 aliphatic heterocycles. The molecule has 0 unspecified atom stereocenters. The van der Waals surface area contributed by atoms with Crippen LogP contribution in [0.15, 0.2) is 24.3 Å². The molecule has 3 heteroatoms. The fourth-order valence-corrected chi connectivity index (χ4v) is 1.78. The van der Waals surface area contributed by atoms with Gasteiger partial charge in [-0.25, -0.2) is 0 Å². The van der Waals surface area contributed by atoms with Crippen molar-refractivity contribution in [2.45, 2.75) is 26.2 Å². The van der Waals surface area contributed by atoms with Gasteiger partial charge >= 0.3 is 0 Å². The SMILES string of the molecule is CC(C)C(=O)C[C@H](CN)c1cccc(Cl)c1. The fourth-order valence-electron chi connectivity index (χ4n) is 1.58. The van der Waals surface area contributed by atoms with Gasteiger partial charge in [-0.1, -0.05) is 37.6 Å². The number of Topliss-reactive ketones (excluding diaryl/α,β-unsaturated/α-hetero) is 1. The van der Waals surface area contributed by atoms with Gasteiger partial charge in [0.2, 0.25) is 0 Å². The second-order valence-electron chi connectivity index (χ2n) is 4.31. The summed E-state index contributed by atoms with van der Waals surface area (Å²) in [6, 6.07) is 7.56. The van der Waals surface area contributed by atoms with Crippen LogP contribution in [0.5, 0.6) is 0 Å². The molecule has 16 heavy (non-hydrogen) atoms. The summed E-state index contributed by atoms with van der Waals surface area (Å²) in [5.74, 6) is 0.386. The standard InChI is InChI=1S/C13H18ClNO/c1-9(2)13(16)7-11(8-15)10-4-3-5-12(14)6-10/h3-6,9,11H,7-8,15H2,1-2H3/t11-/m1/s1. The molecule has 0 fully saturated rings. The summed E-state index contributed by atoms with van der Waals surface area (Å²) in [6.07, 6.45) is 0.495. The van der Waals surface area contributed by atoms with Gasteiger partial charge in [0, 0.05) is 23.3 Å². The highest BCUT2D eigenvalue weighted by atomic mass is 35.5. The molecule has 1 rings (SSSR count). The van der Waals surface area contributed by atoms with Gasteiger partial charge in [0.15, 0.2) is 0 Å². The van der Waals surface area contributed by atoms with Crippen LogP contribution in [-0.2, 0) is 4.79 Å². The highest BCUT2D eigenvalue weighted by Gasteiger charge is 2.16. The molecule has 2 N–H and O–H groups in total. The molecule has 88 valence electrons. The van der Waals surface area contributed by atoms with E-state index in [2.05, 4.69) is 0 Å². The number of hydrogen-bond acceptors (Lipinski definition) is 2. The Hall–Kier alpha value is -0.860. The maximum Gasteiger partial charge on any atom is 0.136 e. The molecule has 2 nitrogen and oxygen atoms in total. The first-order valence-corrected chi connectivity index (χ1v) is 5.90. The number of benzene rings is 1. The van der Waals surface area contributed by atoms with Crippen molar-refractivity contribution in [1.82, 2.24) is 0 Å². The maximum absolute atomic E-state index is 11.7. The number of ketones is 1. The summed E-state index contributed by atoms with van der Waals surface area (Å²) in [5.41, 5.74) is 6.75. The van der Waals surface area contributed by atoms with E-state index in [1.807, 2.05) is 38.1 Å². The summed E-state index contributed by atoms with van der Waals surface area (Å²) in [4.78, 5) is 11.7. The Kier molecular flexibility index (Phi) is 4.97. The van der Waals surface area contributed by atoms with Gasteiger partial charge in [-0.15, -0.1) is 0 Å². The third-order valence-corrected chi connectivity index (χ3v) is 2.93. The lowest BCUT2D eigenvalue weighted by atomic mass is 9.90. The predicted octanol–water partition coefficient (Wildman–Crippen LogP) is 3.00. The van der Waals surface area contributed by atoms with Crippen molar-refractivity contribution >= 4 is 17.4 Å².